The van der Waals surface area contributed by atoms with Crippen LogP contribution in [0.1, 0.15) is 62.5 Å². The van der Waals surface area contributed by atoms with E-state index in [1.54, 1.807) is 0 Å². The van der Waals surface area contributed by atoms with Crippen LogP contribution < -0.4 is 9.64 Å². The lowest BCUT2D eigenvalue weighted by molar-refractivity contribution is -0.145. The summed E-state index contributed by atoms with van der Waals surface area (Å²) in [6, 6.07) is 19.7. The van der Waals surface area contributed by atoms with Gasteiger partial charge in [-0.05, 0) is 92.5 Å². The second-order valence-electron chi connectivity index (χ2n) is 12.3. The quantitative estimate of drug-likeness (QED) is 0.480. The Morgan fingerprint density at radius 3 is 2.21 bits per heavy atom. The second-order valence-corrected chi connectivity index (χ2v) is 12.3. The molecule has 1 saturated heterocycles. The van der Waals surface area contributed by atoms with E-state index < -0.39 is 23.4 Å². The molecule has 192 valence electrons. The highest BCUT2D eigenvalue weighted by Gasteiger charge is 2.66. The maximum absolute atomic E-state index is 15.1. The molecule has 3 atom stereocenters. The molecule has 0 N–H and O–H groups in total. The maximum Gasteiger partial charge on any atom is 0.176 e. The summed E-state index contributed by atoms with van der Waals surface area (Å²) >= 11 is 0. The summed E-state index contributed by atoms with van der Waals surface area (Å²) in [5.74, 6) is 2.36. The number of carbonyl (C=O) groups is 1. The third-order valence-corrected chi connectivity index (χ3v) is 10.3. The molecule has 0 amide bonds. The van der Waals surface area contributed by atoms with E-state index in [1.807, 2.05) is 61.5 Å². The topological polar surface area (TPSA) is 77.1 Å². The van der Waals surface area contributed by atoms with Crippen molar-refractivity contribution in [3.8, 4) is 17.9 Å². The molecular weight excluding hydrogens is 470 g/mol. The highest BCUT2D eigenvalue weighted by atomic mass is 16.5. The number of carbonyl (C=O) groups excluding carboxylic acids is 1. The standard InChI is InChI=1S/C33H33N3O2/c1-2-38-26-10-7-25(8-11-26)29-30(31(37)32-16-21-13-22(17-32)15-23(14-21)18-32)36-27-6-4-3-5-24(27)9-12-28(36)33(29,19-34)20-35/h3-12,21-23,28-30H,2,13-18H2,1H3/t21?,22?,23?,28-,29+,30-,32?/m0/s1. The largest absolute Gasteiger partial charge is 0.494 e. The zero-order valence-electron chi connectivity index (χ0n) is 21.8. The Bertz CT molecular complexity index is 1350. The molecule has 0 aromatic heterocycles. The number of fused-ring (bicyclic) bond motifs is 3. The number of rotatable bonds is 5. The van der Waals surface area contributed by atoms with Crippen molar-refractivity contribution in [1.29, 1.82) is 10.5 Å². The number of ether oxygens (including phenoxy) is 1. The average Bonchev–Trinajstić information content (AvgIpc) is 3.23. The molecule has 2 aliphatic heterocycles. The monoisotopic (exact) mass is 503 g/mol. The van der Waals surface area contributed by atoms with Crippen molar-refractivity contribution in [2.24, 2.45) is 28.6 Å². The van der Waals surface area contributed by atoms with Gasteiger partial charge in [0.2, 0.25) is 0 Å². The van der Waals surface area contributed by atoms with Crippen LogP contribution in [0.5, 0.6) is 5.75 Å². The Hall–Kier alpha value is -3.57. The fraction of sp³-hybridized carbons (Fsp3) is 0.485. The Morgan fingerprint density at radius 1 is 0.974 bits per heavy atom. The normalized spacial score (nSPS) is 35.2. The van der Waals surface area contributed by atoms with Crippen molar-refractivity contribution in [2.75, 3.05) is 11.5 Å². The van der Waals surface area contributed by atoms with Gasteiger partial charge in [-0.1, -0.05) is 42.5 Å². The van der Waals surface area contributed by atoms with Gasteiger partial charge in [0.05, 0.1) is 30.8 Å². The Kier molecular flexibility index (Phi) is 5.25. The summed E-state index contributed by atoms with van der Waals surface area (Å²) in [7, 11) is 0. The summed E-state index contributed by atoms with van der Waals surface area (Å²) in [5.41, 5.74) is 1.11. The van der Waals surface area contributed by atoms with E-state index in [9.17, 15) is 10.5 Å². The highest BCUT2D eigenvalue weighted by molar-refractivity contribution is 5.97. The van der Waals surface area contributed by atoms with Crippen LogP contribution in [-0.2, 0) is 4.79 Å². The number of nitrogens with zero attached hydrogens (tertiary/aromatic N) is 3. The van der Waals surface area contributed by atoms with E-state index in [0.29, 0.717) is 24.4 Å². The Labute approximate surface area is 224 Å². The summed E-state index contributed by atoms with van der Waals surface area (Å²) in [4.78, 5) is 17.3. The van der Waals surface area contributed by atoms with Crippen molar-refractivity contribution >= 4 is 17.5 Å². The third kappa shape index (κ3) is 3.18. The third-order valence-electron chi connectivity index (χ3n) is 10.3. The number of ketones is 1. The smallest absolute Gasteiger partial charge is 0.176 e. The zero-order chi connectivity index (χ0) is 26.1. The highest BCUT2D eigenvalue weighted by Crippen LogP contribution is 2.63. The van der Waals surface area contributed by atoms with Crippen molar-refractivity contribution in [3.63, 3.8) is 0 Å². The molecule has 5 nitrogen and oxygen atoms in total. The summed E-state index contributed by atoms with van der Waals surface area (Å²) < 4.78 is 5.69. The van der Waals surface area contributed by atoms with Gasteiger partial charge < -0.3 is 9.64 Å². The number of nitriles is 2. The van der Waals surface area contributed by atoms with Crippen molar-refractivity contribution < 1.29 is 9.53 Å². The maximum atomic E-state index is 15.1. The average molecular weight is 504 g/mol. The SMILES string of the molecule is CCOc1ccc([C@@H]2[C@@H](C(=O)C34CC5CC(CC(C5)C3)C4)N3c4ccccc4C=C[C@H]3C2(C#N)C#N)cc1. The number of hydrogen-bond acceptors (Lipinski definition) is 5. The first-order valence-electron chi connectivity index (χ1n) is 14.2. The molecule has 6 aliphatic rings. The number of anilines is 1. The van der Waals surface area contributed by atoms with Crippen LogP contribution in [0, 0.1) is 51.2 Å². The van der Waals surface area contributed by atoms with Gasteiger partial charge in [-0.25, -0.2) is 0 Å². The van der Waals surface area contributed by atoms with Crippen LogP contribution in [-0.4, -0.2) is 24.5 Å². The molecule has 0 unspecified atom stereocenters. The molecule has 5 fully saturated rings. The molecule has 4 aliphatic carbocycles. The van der Waals surface area contributed by atoms with Gasteiger partial charge in [-0.15, -0.1) is 0 Å². The molecule has 8 rings (SSSR count). The van der Waals surface area contributed by atoms with Crippen molar-refractivity contribution in [1.82, 2.24) is 0 Å². The van der Waals surface area contributed by atoms with E-state index in [2.05, 4.69) is 23.1 Å². The van der Waals surface area contributed by atoms with Crippen LogP contribution in [0.2, 0.25) is 0 Å². The van der Waals surface area contributed by atoms with Crippen molar-refractivity contribution in [2.45, 2.75) is 63.5 Å². The van der Waals surface area contributed by atoms with Crippen LogP contribution in [0.15, 0.2) is 54.6 Å². The first-order valence-corrected chi connectivity index (χ1v) is 14.2. The molecule has 2 aromatic carbocycles. The Morgan fingerprint density at radius 2 is 1.61 bits per heavy atom. The molecule has 38 heavy (non-hydrogen) atoms. The minimum Gasteiger partial charge on any atom is -0.494 e. The number of benzene rings is 2. The summed E-state index contributed by atoms with van der Waals surface area (Å²) in [6.07, 6.45) is 10.7. The number of hydrogen-bond donors (Lipinski definition) is 0. The first kappa shape index (κ1) is 23.5. The fourth-order valence-electron chi connectivity index (χ4n) is 9.27. The van der Waals surface area contributed by atoms with E-state index in [0.717, 1.165) is 41.8 Å². The van der Waals surface area contributed by atoms with Crippen LogP contribution >= 0.6 is 0 Å². The fourth-order valence-corrected chi connectivity index (χ4v) is 9.27. The lowest BCUT2D eigenvalue weighted by Crippen LogP contribution is -2.56. The van der Waals surface area contributed by atoms with Crippen molar-refractivity contribution in [3.05, 3.63) is 65.7 Å². The van der Waals surface area contributed by atoms with Gasteiger partial charge in [-0.2, -0.15) is 10.5 Å². The van der Waals surface area contributed by atoms with Gasteiger partial charge >= 0.3 is 0 Å². The van der Waals surface area contributed by atoms with Gasteiger partial charge in [0.1, 0.15) is 5.75 Å². The molecule has 0 spiro atoms. The second kappa shape index (κ2) is 8.47. The van der Waals surface area contributed by atoms with Crippen LogP contribution in [0.25, 0.3) is 6.08 Å². The predicted octanol–water partition coefficient (Wildman–Crippen LogP) is 6.27. The van der Waals surface area contributed by atoms with Crippen LogP contribution in [0.4, 0.5) is 5.69 Å². The molecule has 2 aromatic rings. The van der Waals surface area contributed by atoms with Gasteiger partial charge in [0.25, 0.3) is 0 Å². The van der Waals surface area contributed by atoms with E-state index >= 15 is 4.79 Å². The van der Waals surface area contributed by atoms with Gasteiger partial charge in [0.15, 0.2) is 11.2 Å². The summed E-state index contributed by atoms with van der Waals surface area (Å²) in [5, 5.41) is 21.5. The molecule has 4 saturated carbocycles. The first-order chi connectivity index (χ1) is 18.5. The minimum absolute atomic E-state index is 0.262. The number of Topliss-reactive ketones (excluding diaryl/α,β-unsaturated/α-hetero) is 1. The lowest BCUT2D eigenvalue weighted by atomic mass is 9.47. The Balaban J connectivity index is 1.41. The number of para-hydroxylation sites is 1. The van der Waals surface area contributed by atoms with Gasteiger partial charge in [0, 0.05) is 17.0 Å². The van der Waals surface area contributed by atoms with E-state index in [-0.39, 0.29) is 11.2 Å². The molecular formula is C33H33N3O2. The molecule has 5 heteroatoms. The molecule has 2 heterocycles. The van der Waals surface area contributed by atoms with Gasteiger partial charge in [-0.3, -0.25) is 4.79 Å². The zero-order valence-corrected chi connectivity index (χ0v) is 21.8. The summed E-state index contributed by atoms with van der Waals surface area (Å²) in [6.45, 7) is 2.51. The van der Waals surface area contributed by atoms with E-state index in [4.69, 9.17) is 4.74 Å². The molecule has 0 radical (unpaired) electrons. The van der Waals surface area contributed by atoms with Crippen LogP contribution in [0.3, 0.4) is 0 Å². The lowest BCUT2D eigenvalue weighted by Gasteiger charge is -2.57. The van der Waals surface area contributed by atoms with E-state index in [1.165, 1.54) is 19.3 Å². The minimum atomic E-state index is -1.39. The molecule has 4 bridgehead atoms. The predicted molar refractivity (Wildman–Crippen MR) is 145 cm³/mol.